The predicted molar refractivity (Wildman–Crippen MR) is 152 cm³/mol. The van der Waals surface area contributed by atoms with E-state index in [1.54, 1.807) is 51.1 Å². The molecule has 2 aliphatic rings. The van der Waals surface area contributed by atoms with E-state index >= 15 is 0 Å². The summed E-state index contributed by atoms with van der Waals surface area (Å²) in [5.74, 6) is -3.24. The van der Waals surface area contributed by atoms with Crippen molar-refractivity contribution in [1.29, 1.82) is 0 Å². The third kappa shape index (κ3) is 6.17. The molecule has 5 rings (SSSR count). The zero-order valence-electron chi connectivity index (χ0n) is 24.5. The van der Waals surface area contributed by atoms with Gasteiger partial charge in [-0.1, -0.05) is 12.1 Å². The highest BCUT2D eigenvalue weighted by molar-refractivity contribution is 6.00. The van der Waals surface area contributed by atoms with Crippen molar-refractivity contribution in [1.82, 2.24) is 19.7 Å². The van der Waals surface area contributed by atoms with Crippen molar-refractivity contribution >= 4 is 34.8 Å². The average molecular weight is 600 g/mol. The van der Waals surface area contributed by atoms with Crippen molar-refractivity contribution < 1.29 is 37.7 Å². The second-order valence-electron chi connectivity index (χ2n) is 12.2. The number of halogens is 2. The number of alkyl halides is 2. The molecule has 0 radical (unpaired) electrons. The minimum Gasteiger partial charge on any atom is -0.497 e. The van der Waals surface area contributed by atoms with Crippen molar-refractivity contribution in [2.75, 3.05) is 19.0 Å². The van der Waals surface area contributed by atoms with Crippen LogP contribution < -0.4 is 10.1 Å². The third-order valence-corrected chi connectivity index (χ3v) is 7.97. The van der Waals surface area contributed by atoms with Gasteiger partial charge in [-0.05, 0) is 63.4 Å². The number of hydrogen-bond acceptors (Lipinski definition) is 8. The average Bonchev–Trinajstić information content (AvgIpc) is 3.55. The number of ether oxygens (including phenoxy) is 2. The molecule has 1 aliphatic carbocycles. The first-order chi connectivity index (χ1) is 20.2. The van der Waals surface area contributed by atoms with E-state index in [9.17, 15) is 28.3 Å². The number of carbonyl (C=O) groups is 3. The van der Waals surface area contributed by atoms with Gasteiger partial charge in [0, 0.05) is 25.8 Å². The van der Waals surface area contributed by atoms with Gasteiger partial charge in [-0.3, -0.25) is 9.59 Å². The Morgan fingerprint density at radius 2 is 1.72 bits per heavy atom. The number of carbonyl (C=O) groups excluding carboxylic acids is 3. The molecule has 3 heterocycles. The first-order valence-electron chi connectivity index (χ1n) is 14.1. The molecule has 1 saturated heterocycles. The summed E-state index contributed by atoms with van der Waals surface area (Å²) in [6.45, 7) is 5.09. The standard InChI is InChI=1S/C30H35F2N5O6/c1-28(2,3)43-27(41)37-22-9-10-24(34-21(22)16-33-37)35-25(39)23-15-19(38)17-36(23)26(40)29(11-13-30(31,32)14-12-29)18-5-7-20(42-4)8-6-18/h5-10,16,19,23,38H,11-15,17H2,1-4H3,(H,34,35,39)/t19-,23+/m0/s1. The number of benzene rings is 1. The maximum absolute atomic E-state index is 14.3. The molecule has 0 spiro atoms. The number of rotatable bonds is 5. The van der Waals surface area contributed by atoms with Crippen LogP contribution in [0.3, 0.4) is 0 Å². The van der Waals surface area contributed by atoms with Crippen LogP contribution in [0, 0.1) is 0 Å². The maximum Gasteiger partial charge on any atom is 0.435 e. The van der Waals surface area contributed by atoms with E-state index in [-0.39, 0.29) is 31.6 Å². The molecule has 2 fully saturated rings. The lowest BCUT2D eigenvalue weighted by molar-refractivity contribution is -0.146. The van der Waals surface area contributed by atoms with Gasteiger partial charge in [0.1, 0.15) is 28.7 Å². The highest BCUT2D eigenvalue weighted by Crippen LogP contribution is 2.47. The Hall–Kier alpha value is -4.13. The van der Waals surface area contributed by atoms with E-state index in [0.717, 1.165) is 4.68 Å². The fourth-order valence-corrected chi connectivity index (χ4v) is 5.79. The van der Waals surface area contributed by atoms with Gasteiger partial charge >= 0.3 is 6.09 Å². The second-order valence-corrected chi connectivity index (χ2v) is 12.2. The molecule has 2 N–H and O–H groups in total. The molecule has 1 aromatic carbocycles. The molecule has 11 nitrogen and oxygen atoms in total. The number of aliphatic hydroxyl groups excluding tert-OH is 1. The first kappa shape index (κ1) is 30.3. The van der Waals surface area contributed by atoms with Gasteiger partial charge in [0.25, 0.3) is 0 Å². The quantitative estimate of drug-likeness (QED) is 0.444. The van der Waals surface area contributed by atoms with E-state index in [4.69, 9.17) is 9.47 Å². The van der Waals surface area contributed by atoms with Crippen molar-refractivity contribution in [3.63, 3.8) is 0 Å². The Labute approximate surface area is 247 Å². The van der Waals surface area contributed by atoms with E-state index in [0.29, 0.717) is 22.3 Å². The van der Waals surface area contributed by atoms with Crippen molar-refractivity contribution in [2.24, 2.45) is 0 Å². The zero-order chi connectivity index (χ0) is 31.2. The van der Waals surface area contributed by atoms with Crippen LogP contribution in [0.15, 0.2) is 42.6 Å². The minimum atomic E-state index is -2.89. The lowest BCUT2D eigenvalue weighted by Gasteiger charge is -2.42. The molecule has 2 aromatic heterocycles. The highest BCUT2D eigenvalue weighted by Gasteiger charge is 2.53. The summed E-state index contributed by atoms with van der Waals surface area (Å²) in [5.41, 5.74) is -0.760. The van der Waals surface area contributed by atoms with E-state index in [2.05, 4.69) is 15.4 Å². The van der Waals surface area contributed by atoms with Gasteiger partial charge < -0.3 is 24.8 Å². The predicted octanol–water partition coefficient (Wildman–Crippen LogP) is 4.27. The number of aromatic nitrogens is 3. The summed E-state index contributed by atoms with van der Waals surface area (Å²) < 4.78 is 40.2. The van der Waals surface area contributed by atoms with Crippen LogP contribution in [-0.4, -0.2) is 80.0 Å². The van der Waals surface area contributed by atoms with Gasteiger partial charge in [-0.15, -0.1) is 0 Å². The summed E-state index contributed by atoms with van der Waals surface area (Å²) in [4.78, 5) is 45.9. The maximum atomic E-state index is 14.3. The Bertz CT molecular complexity index is 1520. The lowest BCUT2D eigenvalue weighted by atomic mass is 9.67. The second kappa shape index (κ2) is 11.2. The van der Waals surface area contributed by atoms with E-state index in [1.807, 2.05) is 0 Å². The fourth-order valence-electron chi connectivity index (χ4n) is 5.79. The van der Waals surface area contributed by atoms with Gasteiger partial charge in [0.2, 0.25) is 17.7 Å². The summed E-state index contributed by atoms with van der Waals surface area (Å²) in [7, 11) is 1.51. The van der Waals surface area contributed by atoms with Crippen LogP contribution in [0.5, 0.6) is 5.75 Å². The van der Waals surface area contributed by atoms with Crippen LogP contribution in [0.1, 0.15) is 58.4 Å². The number of hydrogen-bond donors (Lipinski definition) is 2. The molecule has 43 heavy (non-hydrogen) atoms. The SMILES string of the molecule is COc1ccc(C2(C(=O)N3C[C@@H](O)C[C@@H]3C(=O)Nc3ccc4c(cnn4C(=O)OC(C)(C)C)n3)CCC(F)(F)CC2)cc1. The Morgan fingerprint density at radius 1 is 1.05 bits per heavy atom. The van der Waals surface area contributed by atoms with Crippen LogP contribution in [0.2, 0.25) is 0 Å². The number of methoxy groups -OCH3 is 1. The molecule has 1 saturated carbocycles. The van der Waals surface area contributed by atoms with Crippen molar-refractivity contribution in [3.8, 4) is 5.75 Å². The summed E-state index contributed by atoms with van der Waals surface area (Å²) in [5, 5.41) is 17.3. The molecule has 2 amide bonds. The van der Waals surface area contributed by atoms with Crippen molar-refractivity contribution in [2.45, 2.75) is 82.0 Å². The molecule has 230 valence electrons. The normalized spacial score (nSPS) is 21.4. The molecular formula is C30H35F2N5O6. The summed E-state index contributed by atoms with van der Waals surface area (Å²) >= 11 is 0. The molecule has 0 unspecified atom stereocenters. The van der Waals surface area contributed by atoms with Gasteiger partial charge in [0.05, 0.1) is 30.3 Å². The Kier molecular flexibility index (Phi) is 7.88. The first-order valence-corrected chi connectivity index (χ1v) is 14.1. The molecular weight excluding hydrogens is 564 g/mol. The number of pyridine rings is 1. The topological polar surface area (TPSA) is 136 Å². The molecule has 2 atom stereocenters. The van der Waals surface area contributed by atoms with Crippen LogP contribution >= 0.6 is 0 Å². The number of anilines is 1. The number of likely N-dealkylation sites (tertiary alicyclic amines) is 1. The van der Waals surface area contributed by atoms with Gasteiger partial charge in [0.15, 0.2) is 0 Å². The molecule has 13 heteroatoms. The van der Waals surface area contributed by atoms with Gasteiger partial charge in [-0.25, -0.2) is 18.6 Å². The highest BCUT2D eigenvalue weighted by atomic mass is 19.3. The summed E-state index contributed by atoms with van der Waals surface area (Å²) in [6.07, 6.45) is -1.47. The molecule has 1 aliphatic heterocycles. The zero-order valence-corrected chi connectivity index (χ0v) is 24.5. The smallest absolute Gasteiger partial charge is 0.435 e. The number of β-amino-alcohol motifs (C(OH)–C–C–N with tert-alkyl or cyclic N) is 1. The van der Waals surface area contributed by atoms with Gasteiger partial charge in [-0.2, -0.15) is 9.78 Å². The number of aliphatic hydroxyl groups is 1. The lowest BCUT2D eigenvalue weighted by Crippen LogP contribution is -2.54. The van der Waals surface area contributed by atoms with E-state index in [1.165, 1.54) is 24.3 Å². The number of amides is 2. The monoisotopic (exact) mass is 599 g/mol. The third-order valence-electron chi connectivity index (χ3n) is 7.97. The molecule has 3 aromatic rings. The minimum absolute atomic E-state index is 0.0226. The van der Waals surface area contributed by atoms with Crippen LogP contribution in [0.25, 0.3) is 11.0 Å². The largest absolute Gasteiger partial charge is 0.497 e. The number of nitrogens with zero attached hydrogens (tertiary/aromatic N) is 4. The Balaban J connectivity index is 1.38. The number of nitrogens with one attached hydrogen (secondary N) is 1. The van der Waals surface area contributed by atoms with Crippen LogP contribution in [0.4, 0.5) is 19.4 Å². The van der Waals surface area contributed by atoms with E-state index < -0.39 is 59.8 Å². The summed E-state index contributed by atoms with van der Waals surface area (Å²) in [6, 6.07) is 8.73. The Morgan fingerprint density at radius 3 is 2.35 bits per heavy atom. The number of fused-ring (bicyclic) bond motifs is 1. The van der Waals surface area contributed by atoms with Crippen LogP contribution in [-0.2, 0) is 19.7 Å². The fraction of sp³-hybridized carbons (Fsp3) is 0.500. The molecule has 0 bridgehead atoms. The van der Waals surface area contributed by atoms with Crippen molar-refractivity contribution in [3.05, 3.63) is 48.2 Å².